The summed E-state index contributed by atoms with van der Waals surface area (Å²) in [5, 5.41) is 10.9. The number of rotatable bonds is 5. The number of aromatic nitrogens is 1. The second-order valence-corrected chi connectivity index (χ2v) is 5.04. The molecule has 1 N–H and O–H groups in total. The summed E-state index contributed by atoms with van der Waals surface area (Å²) in [6.45, 7) is 4.13. The first-order valence-electron chi connectivity index (χ1n) is 5.08. The van der Waals surface area contributed by atoms with E-state index < -0.39 is 0 Å². The Hall–Kier alpha value is -0.710. The van der Waals surface area contributed by atoms with Gasteiger partial charge in [0, 0.05) is 22.9 Å². The standard InChI is InChI=1S/C11H14N2S2/c1-2-4-12-6-11-13-10(8-15-11)9-3-5-14-7-9/h3,5,7-8,12H,2,4,6H2,1H3. The van der Waals surface area contributed by atoms with Crippen LogP contribution in [0.3, 0.4) is 0 Å². The minimum atomic E-state index is 0.892. The van der Waals surface area contributed by atoms with E-state index in [4.69, 9.17) is 0 Å². The van der Waals surface area contributed by atoms with Gasteiger partial charge in [-0.25, -0.2) is 4.98 Å². The highest BCUT2D eigenvalue weighted by molar-refractivity contribution is 7.10. The summed E-state index contributed by atoms with van der Waals surface area (Å²) >= 11 is 3.44. The molecule has 2 rings (SSSR count). The van der Waals surface area contributed by atoms with Gasteiger partial charge in [-0.05, 0) is 24.4 Å². The van der Waals surface area contributed by atoms with E-state index >= 15 is 0 Å². The number of thiophene rings is 1. The monoisotopic (exact) mass is 238 g/mol. The van der Waals surface area contributed by atoms with Crippen molar-refractivity contribution in [2.45, 2.75) is 19.9 Å². The Labute approximate surface area is 98.0 Å². The number of hydrogen-bond donors (Lipinski definition) is 1. The number of thiazole rings is 1. The molecule has 2 nitrogen and oxygen atoms in total. The molecule has 2 heterocycles. The molecule has 15 heavy (non-hydrogen) atoms. The maximum Gasteiger partial charge on any atom is 0.107 e. The fourth-order valence-electron chi connectivity index (χ4n) is 1.31. The van der Waals surface area contributed by atoms with E-state index in [1.165, 1.54) is 17.0 Å². The van der Waals surface area contributed by atoms with Crippen molar-refractivity contribution in [3.05, 3.63) is 27.2 Å². The molecule has 0 aromatic carbocycles. The molecule has 0 radical (unpaired) electrons. The molecule has 2 aromatic rings. The Morgan fingerprint density at radius 3 is 3.07 bits per heavy atom. The lowest BCUT2D eigenvalue weighted by Gasteiger charge is -1.97. The zero-order valence-corrected chi connectivity index (χ0v) is 10.3. The average molecular weight is 238 g/mol. The lowest BCUT2D eigenvalue weighted by Crippen LogP contribution is -2.13. The Kier molecular flexibility index (Phi) is 3.88. The highest BCUT2D eigenvalue weighted by atomic mass is 32.1. The van der Waals surface area contributed by atoms with Gasteiger partial charge in [-0.3, -0.25) is 0 Å². The van der Waals surface area contributed by atoms with Crippen LogP contribution in [0.4, 0.5) is 0 Å². The van der Waals surface area contributed by atoms with Crippen molar-refractivity contribution in [3.63, 3.8) is 0 Å². The molecule has 0 aliphatic carbocycles. The maximum absolute atomic E-state index is 4.59. The summed E-state index contributed by atoms with van der Waals surface area (Å²) in [4.78, 5) is 4.59. The van der Waals surface area contributed by atoms with Crippen molar-refractivity contribution < 1.29 is 0 Å². The number of nitrogens with zero attached hydrogens (tertiary/aromatic N) is 1. The average Bonchev–Trinajstić information content (AvgIpc) is 2.87. The van der Waals surface area contributed by atoms with Crippen molar-refractivity contribution in [1.29, 1.82) is 0 Å². The third-order valence-corrected chi connectivity index (χ3v) is 3.60. The summed E-state index contributed by atoms with van der Waals surface area (Å²) in [5.74, 6) is 0. The zero-order chi connectivity index (χ0) is 10.5. The smallest absolute Gasteiger partial charge is 0.107 e. The van der Waals surface area contributed by atoms with Crippen LogP contribution in [-0.4, -0.2) is 11.5 Å². The van der Waals surface area contributed by atoms with E-state index in [2.05, 4.69) is 39.4 Å². The van der Waals surface area contributed by atoms with Gasteiger partial charge in [0.25, 0.3) is 0 Å². The SMILES string of the molecule is CCCNCc1nc(-c2ccsc2)cs1. The number of hydrogen-bond acceptors (Lipinski definition) is 4. The quantitative estimate of drug-likeness (QED) is 0.808. The lowest BCUT2D eigenvalue weighted by molar-refractivity contribution is 0.673. The molecule has 4 heteroatoms. The van der Waals surface area contributed by atoms with Crippen LogP contribution < -0.4 is 5.32 Å². The van der Waals surface area contributed by atoms with E-state index in [0.717, 1.165) is 18.8 Å². The fraction of sp³-hybridized carbons (Fsp3) is 0.364. The summed E-state index contributed by atoms with van der Waals surface area (Å²) in [7, 11) is 0. The van der Waals surface area contributed by atoms with E-state index in [9.17, 15) is 0 Å². The molecule has 0 amide bonds. The lowest BCUT2D eigenvalue weighted by atomic mass is 10.3. The van der Waals surface area contributed by atoms with Gasteiger partial charge in [0.15, 0.2) is 0 Å². The van der Waals surface area contributed by atoms with Crippen LogP contribution in [0, 0.1) is 0 Å². The van der Waals surface area contributed by atoms with Crippen LogP contribution in [-0.2, 0) is 6.54 Å². The molecule has 0 unspecified atom stereocenters. The highest BCUT2D eigenvalue weighted by Crippen LogP contribution is 2.23. The minimum Gasteiger partial charge on any atom is -0.310 e. The normalized spacial score (nSPS) is 10.7. The Bertz CT molecular complexity index is 392. The summed E-state index contributed by atoms with van der Waals surface area (Å²) in [6, 6.07) is 2.11. The molecule has 2 aromatic heterocycles. The zero-order valence-electron chi connectivity index (χ0n) is 8.69. The predicted octanol–water partition coefficient (Wildman–Crippen LogP) is 3.37. The molecule has 0 saturated carbocycles. The van der Waals surface area contributed by atoms with Gasteiger partial charge in [0.1, 0.15) is 5.01 Å². The van der Waals surface area contributed by atoms with E-state index in [-0.39, 0.29) is 0 Å². The van der Waals surface area contributed by atoms with Gasteiger partial charge in [0.05, 0.1) is 5.69 Å². The predicted molar refractivity (Wildman–Crippen MR) is 67.4 cm³/mol. The minimum absolute atomic E-state index is 0.892. The van der Waals surface area contributed by atoms with Crippen LogP contribution in [0.25, 0.3) is 11.3 Å². The van der Waals surface area contributed by atoms with Crippen molar-refractivity contribution in [2.75, 3.05) is 6.54 Å². The van der Waals surface area contributed by atoms with Crippen LogP contribution >= 0.6 is 22.7 Å². The van der Waals surface area contributed by atoms with Crippen molar-refractivity contribution in [1.82, 2.24) is 10.3 Å². The second kappa shape index (κ2) is 5.39. The van der Waals surface area contributed by atoms with Gasteiger partial charge >= 0.3 is 0 Å². The second-order valence-electron chi connectivity index (χ2n) is 3.32. The van der Waals surface area contributed by atoms with Crippen LogP contribution in [0.2, 0.25) is 0 Å². The van der Waals surface area contributed by atoms with Gasteiger partial charge in [-0.1, -0.05) is 6.92 Å². The Morgan fingerprint density at radius 1 is 1.40 bits per heavy atom. The van der Waals surface area contributed by atoms with Gasteiger partial charge in [-0.15, -0.1) is 11.3 Å². The van der Waals surface area contributed by atoms with Crippen molar-refractivity contribution in [2.24, 2.45) is 0 Å². The molecule has 0 aliphatic heterocycles. The molecule has 0 atom stereocenters. The van der Waals surface area contributed by atoms with Gasteiger partial charge in [0.2, 0.25) is 0 Å². The summed E-state index contributed by atoms with van der Waals surface area (Å²) < 4.78 is 0. The topological polar surface area (TPSA) is 24.9 Å². The van der Waals surface area contributed by atoms with E-state index in [0.29, 0.717) is 0 Å². The van der Waals surface area contributed by atoms with Crippen molar-refractivity contribution >= 4 is 22.7 Å². The van der Waals surface area contributed by atoms with E-state index in [1.54, 1.807) is 22.7 Å². The summed E-state index contributed by atoms with van der Waals surface area (Å²) in [5.41, 5.74) is 2.34. The van der Waals surface area contributed by atoms with E-state index in [1.807, 2.05) is 0 Å². The first-order valence-corrected chi connectivity index (χ1v) is 6.90. The molecular weight excluding hydrogens is 224 g/mol. The van der Waals surface area contributed by atoms with Gasteiger partial charge < -0.3 is 5.32 Å². The molecule has 0 aliphatic rings. The third-order valence-electron chi connectivity index (χ3n) is 2.07. The van der Waals surface area contributed by atoms with Crippen LogP contribution in [0.1, 0.15) is 18.4 Å². The molecule has 0 fully saturated rings. The maximum atomic E-state index is 4.59. The fourth-order valence-corrected chi connectivity index (χ4v) is 2.73. The molecular formula is C11H14N2S2. The van der Waals surface area contributed by atoms with Gasteiger partial charge in [-0.2, -0.15) is 11.3 Å². The molecule has 80 valence electrons. The highest BCUT2D eigenvalue weighted by Gasteiger charge is 2.03. The van der Waals surface area contributed by atoms with Crippen LogP contribution in [0.5, 0.6) is 0 Å². The molecule has 0 spiro atoms. The molecule has 0 saturated heterocycles. The number of nitrogens with one attached hydrogen (secondary N) is 1. The van der Waals surface area contributed by atoms with Crippen LogP contribution in [0.15, 0.2) is 22.2 Å². The largest absolute Gasteiger partial charge is 0.310 e. The Balaban J connectivity index is 1.98. The molecule has 0 bridgehead atoms. The first-order chi connectivity index (χ1) is 7.40. The Morgan fingerprint density at radius 2 is 2.33 bits per heavy atom. The van der Waals surface area contributed by atoms with Crippen molar-refractivity contribution in [3.8, 4) is 11.3 Å². The first kappa shape index (κ1) is 10.8. The third kappa shape index (κ3) is 2.87. The summed E-state index contributed by atoms with van der Waals surface area (Å²) in [6.07, 6.45) is 1.17.